The molecule has 0 amide bonds. The predicted octanol–water partition coefficient (Wildman–Crippen LogP) is 1.09. The molecule has 0 unspecified atom stereocenters. The summed E-state index contributed by atoms with van der Waals surface area (Å²) in [5.41, 5.74) is 0. The van der Waals surface area contributed by atoms with E-state index in [0.29, 0.717) is 0 Å². The molecule has 0 aliphatic carbocycles. The second-order valence-electron chi connectivity index (χ2n) is 4.04. The minimum atomic E-state index is -3.71. The number of nitrogens with one attached hydrogen (secondary N) is 1. The number of aromatic amines is 1. The third-order valence-electron chi connectivity index (χ3n) is 2.49. The molecule has 1 aromatic carbocycles. The fraction of sp³-hybridized carbons (Fsp3) is 0.250. The van der Waals surface area contributed by atoms with E-state index in [-0.39, 0.29) is 23.2 Å². The number of benzene rings is 1. The van der Waals surface area contributed by atoms with Gasteiger partial charge >= 0.3 is 5.97 Å². The van der Waals surface area contributed by atoms with Gasteiger partial charge in [0.05, 0.1) is 11.5 Å². The van der Waals surface area contributed by atoms with Gasteiger partial charge in [0, 0.05) is 0 Å². The maximum atomic E-state index is 12.8. The predicted molar refractivity (Wildman–Crippen MR) is 69.6 cm³/mol. The van der Waals surface area contributed by atoms with Gasteiger partial charge in [-0.2, -0.15) is 0 Å². The first kappa shape index (κ1) is 15.1. The van der Waals surface area contributed by atoms with E-state index in [4.69, 9.17) is 4.74 Å². The third-order valence-corrected chi connectivity index (χ3v) is 4.13. The van der Waals surface area contributed by atoms with Crippen LogP contribution in [0.3, 0.4) is 0 Å². The topological polar surface area (TPSA) is 102 Å². The fourth-order valence-electron chi connectivity index (χ4n) is 1.55. The Bertz CT molecular complexity index is 740. The molecule has 0 aliphatic rings. The van der Waals surface area contributed by atoms with Crippen LogP contribution >= 0.6 is 0 Å². The Morgan fingerprint density at radius 3 is 2.62 bits per heavy atom. The van der Waals surface area contributed by atoms with Gasteiger partial charge in [0.1, 0.15) is 17.4 Å². The van der Waals surface area contributed by atoms with E-state index in [1.165, 1.54) is 0 Å². The number of esters is 1. The van der Waals surface area contributed by atoms with Crippen molar-refractivity contribution in [3.63, 3.8) is 0 Å². The maximum absolute atomic E-state index is 12.8. The van der Waals surface area contributed by atoms with Crippen LogP contribution in [-0.4, -0.2) is 36.2 Å². The summed E-state index contributed by atoms with van der Waals surface area (Å²) in [5.74, 6) is -1.98. The van der Waals surface area contributed by atoms with E-state index in [1.807, 2.05) is 0 Å². The number of rotatable bonds is 5. The normalized spacial score (nSPS) is 11.3. The van der Waals surface area contributed by atoms with Gasteiger partial charge in [-0.25, -0.2) is 22.6 Å². The molecule has 2 aromatic rings. The first-order chi connectivity index (χ1) is 9.92. The summed E-state index contributed by atoms with van der Waals surface area (Å²) in [6, 6.07) is 4.43. The van der Waals surface area contributed by atoms with Crippen LogP contribution in [0.25, 0.3) is 0 Å². The first-order valence-electron chi connectivity index (χ1n) is 5.99. The summed E-state index contributed by atoms with van der Waals surface area (Å²) in [5, 5.41) is 5.96. The summed E-state index contributed by atoms with van der Waals surface area (Å²) in [6.45, 7) is 1.79. The van der Waals surface area contributed by atoms with E-state index in [9.17, 15) is 17.6 Å². The Balaban J connectivity index is 2.17. The Labute approximate surface area is 120 Å². The average Bonchev–Trinajstić information content (AvgIpc) is 2.87. The van der Waals surface area contributed by atoms with Crippen LogP contribution in [0.1, 0.15) is 23.4 Å². The molecule has 0 saturated carbocycles. The quantitative estimate of drug-likeness (QED) is 0.655. The van der Waals surface area contributed by atoms with Crippen molar-refractivity contribution in [3.8, 4) is 0 Å². The van der Waals surface area contributed by atoms with E-state index >= 15 is 0 Å². The van der Waals surface area contributed by atoms with Crippen LogP contribution in [0, 0.1) is 5.82 Å². The molecule has 0 fully saturated rings. The summed E-state index contributed by atoms with van der Waals surface area (Å²) in [6.07, 6.45) is 0. The summed E-state index contributed by atoms with van der Waals surface area (Å²) >= 11 is 0. The van der Waals surface area contributed by atoms with Crippen LogP contribution in [0.4, 0.5) is 4.39 Å². The number of halogens is 1. The number of aromatic nitrogens is 3. The van der Waals surface area contributed by atoms with Crippen LogP contribution < -0.4 is 0 Å². The zero-order chi connectivity index (χ0) is 15.5. The molecule has 1 heterocycles. The van der Waals surface area contributed by atoms with Crippen molar-refractivity contribution in [1.82, 2.24) is 15.2 Å². The fourth-order valence-corrected chi connectivity index (χ4v) is 2.76. The number of hydrogen-bond acceptors (Lipinski definition) is 6. The van der Waals surface area contributed by atoms with E-state index < -0.39 is 27.4 Å². The number of hydrogen-bond donors (Lipinski definition) is 1. The lowest BCUT2D eigenvalue weighted by Gasteiger charge is -2.01. The second kappa shape index (κ2) is 6.00. The molecule has 7 nitrogen and oxygen atoms in total. The molecule has 0 bridgehead atoms. The molecule has 0 atom stereocenters. The lowest BCUT2D eigenvalue weighted by Crippen LogP contribution is -2.08. The van der Waals surface area contributed by atoms with Gasteiger partial charge < -0.3 is 4.74 Å². The molecule has 21 heavy (non-hydrogen) atoms. The monoisotopic (exact) mass is 313 g/mol. The molecule has 1 N–H and O–H groups in total. The highest BCUT2D eigenvalue weighted by Gasteiger charge is 2.20. The highest BCUT2D eigenvalue weighted by atomic mass is 32.2. The van der Waals surface area contributed by atoms with Gasteiger partial charge in [-0.15, -0.1) is 5.10 Å². The maximum Gasteiger partial charge on any atom is 0.378 e. The van der Waals surface area contributed by atoms with Crippen molar-refractivity contribution >= 4 is 15.8 Å². The van der Waals surface area contributed by atoms with E-state index in [2.05, 4.69) is 15.2 Å². The number of H-pyrrole nitrogens is 1. The largest absolute Gasteiger partial charge is 0.460 e. The third kappa shape index (κ3) is 3.63. The van der Waals surface area contributed by atoms with Crippen LogP contribution in [0.15, 0.2) is 29.2 Å². The molecule has 9 heteroatoms. The zero-order valence-corrected chi connectivity index (χ0v) is 11.9. The van der Waals surface area contributed by atoms with E-state index in [0.717, 1.165) is 24.3 Å². The summed E-state index contributed by atoms with van der Waals surface area (Å²) in [4.78, 5) is 15.1. The number of ether oxygens (including phenoxy) is 1. The smallest absolute Gasteiger partial charge is 0.378 e. The van der Waals surface area contributed by atoms with Crippen molar-refractivity contribution in [2.75, 3.05) is 6.61 Å². The van der Waals surface area contributed by atoms with Crippen molar-refractivity contribution in [2.45, 2.75) is 17.6 Å². The van der Waals surface area contributed by atoms with Crippen LogP contribution in [0.5, 0.6) is 0 Å². The van der Waals surface area contributed by atoms with Gasteiger partial charge in [0.25, 0.3) is 5.82 Å². The van der Waals surface area contributed by atoms with Crippen molar-refractivity contribution < 1.29 is 22.3 Å². The van der Waals surface area contributed by atoms with Gasteiger partial charge in [-0.1, -0.05) is 0 Å². The van der Waals surface area contributed by atoms with Gasteiger partial charge in [0.2, 0.25) is 0 Å². The highest BCUT2D eigenvalue weighted by Crippen LogP contribution is 2.15. The molecule has 0 spiro atoms. The summed E-state index contributed by atoms with van der Waals surface area (Å²) < 4.78 is 41.7. The Kier molecular flexibility index (Phi) is 4.32. The minimum absolute atomic E-state index is 0.00220. The SMILES string of the molecule is CCOC(=O)c1n[nH]c(CS(=O)(=O)c2ccc(F)cc2)n1. The molecule has 0 radical (unpaired) electrons. The molecule has 0 aliphatic heterocycles. The van der Waals surface area contributed by atoms with E-state index in [1.54, 1.807) is 6.92 Å². The minimum Gasteiger partial charge on any atom is -0.460 e. The van der Waals surface area contributed by atoms with Gasteiger partial charge in [0.15, 0.2) is 9.84 Å². The number of nitrogens with zero attached hydrogens (tertiary/aromatic N) is 2. The molecule has 0 saturated heterocycles. The molecular formula is C12H12FN3O4S. The van der Waals surface area contributed by atoms with Crippen molar-refractivity contribution in [1.29, 1.82) is 0 Å². The molecular weight excluding hydrogens is 301 g/mol. The molecule has 2 rings (SSSR count). The van der Waals surface area contributed by atoms with Crippen molar-refractivity contribution in [2.24, 2.45) is 0 Å². The second-order valence-corrected chi connectivity index (χ2v) is 6.03. The molecule has 112 valence electrons. The van der Waals surface area contributed by atoms with Gasteiger partial charge in [-0.3, -0.25) is 5.10 Å². The average molecular weight is 313 g/mol. The van der Waals surface area contributed by atoms with Crippen LogP contribution in [0.2, 0.25) is 0 Å². The van der Waals surface area contributed by atoms with Crippen molar-refractivity contribution in [3.05, 3.63) is 41.7 Å². The Morgan fingerprint density at radius 2 is 2.00 bits per heavy atom. The number of carbonyl (C=O) groups excluding carboxylic acids is 1. The van der Waals surface area contributed by atoms with Crippen LogP contribution in [-0.2, 0) is 20.3 Å². The Morgan fingerprint density at radius 1 is 1.33 bits per heavy atom. The van der Waals surface area contributed by atoms with Gasteiger partial charge in [-0.05, 0) is 31.2 Å². The highest BCUT2D eigenvalue weighted by molar-refractivity contribution is 7.90. The first-order valence-corrected chi connectivity index (χ1v) is 7.64. The number of sulfone groups is 1. The molecule has 1 aromatic heterocycles. The summed E-state index contributed by atoms with van der Waals surface area (Å²) in [7, 11) is -3.71. The number of carbonyl (C=O) groups is 1. The zero-order valence-electron chi connectivity index (χ0n) is 11.0. The lowest BCUT2D eigenvalue weighted by molar-refractivity contribution is 0.0512. The Hall–Kier alpha value is -2.29. The lowest BCUT2D eigenvalue weighted by atomic mass is 10.4. The standard InChI is InChI=1S/C12H12FN3O4S/c1-2-20-12(17)11-14-10(15-16-11)7-21(18,19)9-5-3-8(13)4-6-9/h3-6H,2,7H2,1H3,(H,14,15,16).